The number of hydrogen-bond donors (Lipinski definition) is 2. The van der Waals surface area contributed by atoms with E-state index in [-0.39, 0.29) is 6.04 Å². The summed E-state index contributed by atoms with van der Waals surface area (Å²) >= 11 is 18.8. The third kappa shape index (κ3) is 4.34. The van der Waals surface area contributed by atoms with Crippen LogP contribution in [0, 0.1) is 0 Å². The zero-order valence-corrected chi connectivity index (χ0v) is 17.6. The van der Waals surface area contributed by atoms with Gasteiger partial charge in [0.25, 0.3) is 0 Å². The number of thioether (sulfide) groups is 1. The number of hydrogen-bond acceptors (Lipinski definition) is 4. The number of nitrogens with one attached hydrogen (secondary N) is 1. The summed E-state index contributed by atoms with van der Waals surface area (Å²) in [6.45, 7) is 7.96. The molecule has 0 radical (unpaired) electrons. The first kappa shape index (κ1) is 20.6. The predicted molar refractivity (Wildman–Crippen MR) is 109 cm³/mol. The number of urea groups is 1. The summed E-state index contributed by atoms with van der Waals surface area (Å²) in [5.74, 6) is 0. The Morgan fingerprint density at radius 2 is 2.12 bits per heavy atom. The van der Waals surface area contributed by atoms with Crippen LogP contribution in [0.25, 0.3) is 0 Å². The summed E-state index contributed by atoms with van der Waals surface area (Å²) in [5.41, 5.74) is 0.444. The van der Waals surface area contributed by atoms with Gasteiger partial charge < -0.3 is 10.2 Å². The molecule has 1 heterocycles. The van der Waals surface area contributed by atoms with Gasteiger partial charge in [0.15, 0.2) is 0 Å². The van der Waals surface area contributed by atoms with E-state index in [4.69, 9.17) is 35.4 Å². The molecule has 9 heteroatoms. The highest BCUT2D eigenvalue weighted by Gasteiger charge is 2.50. The number of nitrogens with zero attached hydrogens (tertiary/aromatic N) is 2. The quantitative estimate of drug-likeness (QED) is 0.384. The van der Waals surface area contributed by atoms with E-state index in [0.717, 1.165) is 6.42 Å². The molecule has 2 amide bonds. The minimum atomic E-state index is -0.657. The van der Waals surface area contributed by atoms with Crippen LogP contribution >= 0.6 is 47.2 Å². The van der Waals surface area contributed by atoms with Crippen LogP contribution in [0.15, 0.2) is 18.2 Å². The van der Waals surface area contributed by atoms with Gasteiger partial charge in [-0.15, -0.1) is 0 Å². The van der Waals surface area contributed by atoms with E-state index in [9.17, 15) is 10.0 Å². The summed E-state index contributed by atoms with van der Waals surface area (Å²) in [6, 6.07) is 4.17. The van der Waals surface area contributed by atoms with Crippen molar-refractivity contribution in [2.24, 2.45) is 0 Å². The van der Waals surface area contributed by atoms with Gasteiger partial charge in [-0.1, -0.05) is 54.1 Å². The van der Waals surface area contributed by atoms with Crippen LogP contribution in [0.1, 0.15) is 34.1 Å². The number of thiocarbonyl (C=S) groups is 1. The third-order valence-corrected chi connectivity index (χ3v) is 6.44. The molecule has 1 saturated heterocycles. The van der Waals surface area contributed by atoms with Crippen molar-refractivity contribution in [3.05, 3.63) is 28.2 Å². The van der Waals surface area contributed by atoms with Crippen molar-refractivity contribution in [2.45, 2.75) is 51.1 Å². The Bertz CT molecular complexity index is 687. The van der Waals surface area contributed by atoms with Crippen molar-refractivity contribution in [1.82, 2.24) is 9.96 Å². The second kappa shape index (κ2) is 7.88. The zero-order chi connectivity index (χ0) is 18.9. The molecule has 2 atom stereocenters. The molecule has 1 aliphatic rings. The fourth-order valence-corrected chi connectivity index (χ4v) is 5.04. The first-order valence-corrected chi connectivity index (χ1v) is 9.82. The average molecular weight is 422 g/mol. The molecule has 2 rings (SSSR count). The van der Waals surface area contributed by atoms with E-state index in [1.807, 2.05) is 32.6 Å². The summed E-state index contributed by atoms with van der Waals surface area (Å²) in [6.07, 6.45) is 0.262. The first-order chi connectivity index (χ1) is 11.6. The lowest BCUT2D eigenvalue weighted by atomic mass is 10.1. The van der Waals surface area contributed by atoms with Crippen molar-refractivity contribution in [1.29, 1.82) is 0 Å². The molecule has 1 aromatic carbocycles. The predicted octanol–water partition coefficient (Wildman–Crippen LogP) is 5.45. The van der Waals surface area contributed by atoms with Crippen LogP contribution in [0.4, 0.5) is 10.5 Å². The minimum Gasteiger partial charge on any atom is -0.331 e. The summed E-state index contributed by atoms with van der Waals surface area (Å²) in [5, 5.41) is 14.7. The van der Waals surface area contributed by atoms with Crippen molar-refractivity contribution in [3.8, 4) is 0 Å². The minimum absolute atomic E-state index is 0.0965. The van der Waals surface area contributed by atoms with Gasteiger partial charge >= 0.3 is 6.03 Å². The van der Waals surface area contributed by atoms with E-state index in [0.29, 0.717) is 25.1 Å². The van der Waals surface area contributed by atoms with Crippen LogP contribution < -0.4 is 5.32 Å². The molecular weight excluding hydrogens is 401 g/mol. The van der Waals surface area contributed by atoms with Crippen LogP contribution in [-0.4, -0.2) is 42.5 Å². The highest BCUT2D eigenvalue weighted by molar-refractivity contribution is 8.24. The van der Waals surface area contributed by atoms with Gasteiger partial charge in [0, 0.05) is 11.7 Å². The fraction of sp³-hybridized carbons (Fsp3) is 0.500. The number of carbonyl (C=O) groups is 1. The van der Waals surface area contributed by atoms with E-state index in [1.165, 1.54) is 17.8 Å². The molecule has 25 heavy (non-hydrogen) atoms. The van der Waals surface area contributed by atoms with Crippen molar-refractivity contribution < 1.29 is 10.0 Å². The molecule has 0 saturated carbocycles. The van der Waals surface area contributed by atoms with Gasteiger partial charge in [0.1, 0.15) is 10.5 Å². The molecule has 138 valence electrons. The maximum absolute atomic E-state index is 12.6. The molecule has 1 aliphatic heterocycles. The third-order valence-electron chi connectivity index (χ3n) is 4.12. The monoisotopic (exact) mass is 421 g/mol. The Labute approximate surface area is 167 Å². The van der Waals surface area contributed by atoms with Crippen molar-refractivity contribution in [2.75, 3.05) is 5.32 Å². The SMILES string of the molecule is CC[C@@H](C)N1C(=S)SC(C)(C)[C@H]1N(O)C(=O)Nc1ccc(Cl)c(Cl)c1. The zero-order valence-electron chi connectivity index (χ0n) is 14.4. The Hall–Kier alpha value is -0.730. The number of carbonyl (C=O) groups excluding carboxylic acids is 1. The second-order valence-corrected chi connectivity index (χ2v) is 9.52. The fourth-order valence-electron chi connectivity index (χ4n) is 2.66. The average Bonchev–Trinajstić information content (AvgIpc) is 2.78. The number of benzene rings is 1. The Balaban J connectivity index is 2.23. The molecule has 1 fully saturated rings. The lowest BCUT2D eigenvalue weighted by Crippen LogP contribution is -2.57. The molecular formula is C16H21Cl2N3O2S2. The Morgan fingerprint density at radius 3 is 2.68 bits per heavy atom. The van der Waals surface area contributed by atoms with E-state index in [1.54, 1.807) is 12.1 Å². The Kier molecular flexibility index (Phi) is 6.49. The smallest absolute Gasteiger partial charge is 0.331 e. The summed E-state index contributed by atoms with van der Waals surface area (Å²) < 4.78 is 0.218. The summed E-state index contributed by atoms with van der Waals surface area (Å²) in [4.78, 5) is 14.5. The largest absolute Gasteiger partial charge is 0.347 e. The number of anilines is 1. The van der Waals surface area contributed by atoms with Gasteiger partial charge in [-0.25, -0.2) is 4.79 Å². The normalized spacial score (nSPS) is 20.5. The van der Waals surface area contributed by atoms with Gasteiger partial charge in [0.05, 0.1) is 14.8 Å². The lowest BCUT2D eigenvalue weighted by molar-refractivity contribution is -0.120. The second-order valence-electron chi connectivity index (χ2n) is 6.41. The number of hydroxylamine groups is 2. The number of rotatable bonds is 4. The summed E-state index contributed by atoms with van der Waals surface area (Å²) in [7, 11) is 0. The standard InChI is InChI=1S/C16H21Cl2N3O2S2/c1-5-9(2)20-13(16(3,4)25-15(20)24)21(23)14(22)19-10-6-7-11(17)12(18)8-10/h6-9,13,23H,5H2,1-4H3,(H,19,22)/t9-,13-/m1/s1. The van der Waals surface area contributed by atoms with E-state index in [2.05, 4.69) is 5.32 Å². The molecule has 1 aromatic rings. The maximum Gasteiger partial charge on any atom is 0.347 e. The number of halogens is 2. The molecule has 0 spiro atoms. The molecule has 0 unspecified atom stereocenters. The van der Waals surface area contributed by atoms with Gasteiger partial charge in [-0.3, -0.25) is 5.21 Å². The molecule has 5 nitrogen and oxygen atoms in total. The molecule has 2 N–H and O–H groups in total. The van der Waals surface area contributed by atoms with E-state index >= 15 is 0 Å². The highest BCUT2D eigenvalue weighted by atomic mass is 35.5. The van der Waals surface area contributed by atoms with Gasteiger partial charge in [0.2, 0.25) is 0 Å². The highest BCUT2D eigenvalue weighted by Crippen LogP contribution is 2.43. The van der Waals surface area contributed by atoms with Crippen molar-refractivity contribution >= 4 is 63.2 Å². The lowest BCUT2D eigenvalue weighted by Gasteiger charge is -2.39. The first-order valence-electron chi connectivity index (χ1n) is 7.84. The molecule has 0 aromatic heterocycles. The number of amides is 2. The maximum atomic E-state index is 12.6. The van der Waals surface area contributed by atoms with Crippen LogP contribution in [0.3, 0.4) is 0 Å². The van der Waals surface area contributed by atoms with Crippen LogP contribution in [0.2, 0.25) is 10.0 Å². The van der Waals surface area contributed by atoms with Crippen LogP contribution in [-0.2, 0) is 0 Å². The van der Waals surface area contributed by atoms with Gasteiger partial charge in [-0.05, 0) is 45.4 Å². The van der Waals surface area contributed by atoms with Crippen molar-refractivity contribution in [3.63, 3.8) is 0 Å². The topological polar surface area (TPSA) is 55.8 Å². The van der Waals surface area contributed by atoms with Gasteiger partial charge in [-0.2, -0.15) is 5.06 Å². The molecule has 0 aliphatic carbocycles. The Morgan fingerprint density at radius 1 is 1.48 bits per heavy atom. The molecule has 0 bridgehead atoms. The van der Waals surface area contributed by atoms with E-state index < -0.39 is 16.9 Å². The van der Waals surface area contributed by atoms with Crippen LogP contribution in [0.5, 0.6) is 0 Å².